The molecular formula is C34H46N8O3. The number of carbonyl (C=O) groups excluding carboxylic acids is 1. The van der Waals surface area contributed by atoms with Gasteiger partial charge in [0.15, 0.2) is 0 Å². The van der Waals surface area contributed by atoms with Crippen LogP contribution in [0.15, 0.2) is 48.7 Å². The Morgan fingerprint density at radius 2 is 1.82 bits per heavy atom. The number of nitrogens with zero attached hydrogens (tertiary/aromatic N) is 7. The molecule has 0 aliphatic carbocycles. The zero-order valence-corrected chi connectivity index (χ0v) is 27.1. The summed E-state index contributed by atoms with van der Waals surface area (Å²) >= 11 is 0. The Hall–Kier alpha value is -3.85. The maximum Gasteiger partial charge on any atom is 0.408 e. The van der Waals surface area contributed by atoms with Crippen LogP contribution in [0.5, 0.6) is 0 Å². The number of fused-ring (bicyclic) bond motifs is 2. The van der Waals surface area contributed by atoms with E-state index in [0.717, 1.165) is 62.6 Å². The zero-order chi connectivity index (χ0) is 31.7. The van der Waals surface area contributed by atoms with Gasteiger partial charge in [0, 0.05) is 77.2 Å². The monoisotopic (exact) mass is 614 g/mol. The van der Waals surface area contributed by atoms with Crippen molar-refractivity contribution in [3.05, 3.63) is 59.9 Å². The number of carbonyl (C=O) groups is 1. The molecule has 11 nitrogen and oxygen atoms in total. The van der Waals surface area contributed by atoms with E-state index in [1.807, 2.05) is 32.9 Å². The quantitative estimate of drug-likeness (QED) is 0.429. The van der Waals surface area contributed by atoms with Gasteiger partial charge in [0.1, 0.15) is 17.4 Å². The number of aromatic nitrogens is 2. The molecule has 3 aromatic rings. The van der Waals surface area contributed by atoms with E-state index in [0.29, 0.717) is 30.9 Å². The predicted molar refractivity (Wildman–Crippen MR) is 175 cm³/mol. The molecule has 3 aliphatic rings. The van der Waals surface area contributed by atoms with Crippen LogP contribution in [0.1, 0.15) is 39.0 Å². The molecule has 6 rings (SSSR count). The summed E-state index contributed by atoms with van der Waals surface area (Å²) in [6.45, 7) is 15.5. The number of anilines is 2. The fraction of sp³-hybridized carbons (Fsp3) is 0.559. The van der Waals surface area contributed by atoms with Crippen LogP contribution in [0.4, 0.5) is 16.2 Å². The average molecular weight is 615 g/mol. The van der Waals surface area contributed by atoms with Gasteiger partial charge >= 0.3 is 6.09 Å². The largest absolute Gasteiger partial charge is 0.444 e. The van der Waals surface area contributed by atoms with Gasteiger partial charge in [-0.25, -0.2) is 9.31 Å². The summed E-state index contributed by atoms with van der Waals surface area (Å²) in [5.41, 5.74) is 4.62. The SMILES string of the molecule is CO[C@@H]1CN(c2ccc(CCN3CCN4[C@@H](C3)CN(c3ccc(C#N)n5nccc35)C[C@H]4C)cc2)C[C@H]1NC(=O)OC(C)(C)C. The van der Waals surface area contributed by atoms with Crippen LogP contribution in [0, 0.1) is 11.3 Å². The molecular weight excluding hydrogens is 568 g/mol. The van der Waals surface area contributed by atoms with Crippen molar-refractivity contribution in [2.75, 3.05) is 69.3 Å². The number of ether oxygens (including phenoxy) is 2. The molecule has 1 aromatic carbocycles. The van der Waals surface area contributed by atoms with Crippen LogP contribution in [-0.2, 0) is 15.9 Å². The van der Waals surface area contributed by atoms with E-state index < -0.39 is 11.7 Å². The first-order valence-electron chi connectivity index (χ1n) is 16.1. The molecule has 0 bridgehead atoms. The first-order valence-corrected chi connectivity index (χ1v) is 16.1. The summed E-state index contributed by atoms with van der Waals surface area (Å²) in [5, 5.41) is 16.9. The zero-order valence-electron chi connectivity index (χ0n) is 27.1. The topological polar surface area (TPSA) is 102 Å². The second-order valence-corrected chi connectivity index (χ2v) is 13.6. The van der Waals surface area contributed by atoms with E-state index in [1.165, 1.54) is 5.56 Å². The third kappa shape index (κ3) is 6.88. The van der Waals surface area contributed by atoms with Gasteiger partial charge in [-0.05, 0) is 70.0 Å². The van der Waals surface area contributed by atoms with E-state index in [-0.39, 0.29) is 12.1 Å². The molecule has 0 unspecified atom stereocenters. The fourth-order valence-corrected chi connectivity index (χ4v) is 7.17. The normalized spacial score (nSPS) is 24.4. The van der Waals surface area contributed by atoms with E-state index in [1.54, 1.807) is 17.8 Å². The van der Waals surface area contributed by atoms with E-state index in [4.69, 9.17) is 9.47 Å². The van der Waals surface area contributed by atoms with Crippen molar-refractivity contribution in [1.82, 2.24) is 24.7 Å². The fourth-order valence-electron chi connectivity index (χ4n) is 7.17. The smallest absolute Gasteiger partial charge is 0.408 e. The number of nitrogens with one attached hydrogen (secondary N) is 1. The van der Waals surface area contributed by atoms with Crippen molar-refractivity contribution in [2.24, 2.45) is 0 Å². The molecule has 4 atom stereocenters. The molecule has 1 N–H and O–H groups in total. The second kappa shape index (κ2) is 12.9. The highest BCUT2D eigenvalue weighted by Gasteiger charge is 2.37. The highest BCUT2D eigenvalue weighted by molar-refractivity contribution is 5.74. The lowest BCUT2D eigenvalue weighted by atomic mass is 10.0. The number of benzene rings is 1. The predicted octanol–water partition coefficient (Wildman–Crippen LogP) is 3.37. The van der Waals surface area contributed by atoms with Crippen LogP contribution in [-0.4, -0.2) is 115 Å². The summed E-state index contributed by atoms with van der Waals surface area (Å²) < 4.78 is 12.9. The lowest BCUT2D eigenvalue weighted by Gasteiger charge is -2.51. The molecule has 45 heavy (non-hydrogen) atoms. The molecule has 0 spiro atoms. The maximum absolute atomic E-state index is 12.4. The van der Waals surface area contributed by atoms with Crippen LogP contribution in [0.25, 0.3) is 5.52 Å². The average Bonchev–Trinajstić information content (AvgIpc) is 3.66. The molecule has 3 saturated heterocycles. The molecule has 240 valence electrons. The summed E-state index contributed by atoms with van der Waals surface area (Å²) in [6, 6.07) is 17.8. The number of methoxy groups -OCH3 is 1. The van der Waals surface area contributed by atoms with Gasteiger partial charge in [-0.15, -0.1) is 0 Å². The molecule has 11 heteroatoms. The van der Waals surface area contributed by atoms with Gasteiger partial charge in [-0.3, -0.25) is 4.90 Å². The van der Waals surface area contributed by atoms with Crippen LogP contribution < -0.4 is 15.1 Å². The molecule has 2 aromatic heterocycles. The van der Waals surface area contributed by atoms with Gasteiger partial charge in [0.05, 0.1) is 29.5 Å². The minimum absolute atomic E-state index is 0.0997. The van der Waals surface area contributed by atoms with Gasteiger partial charge in [-0.2, -0.15) is 10.4 Å². The van der Waals surface area contributed by atoms with Crippen LogP contribution in [0.2, 0.25) is 0 Å². The Morgan fingerprint density at radius 1 is 1.02 bits per heavy atom. The third-order valence-electron chi connectivity index (χ3n) is 9.37. The van der Waals surface area contributed by atoms with Crippen molar-refractivity contribution in [1.29, 1.82) is 5.26 Å². The molecule has 1 amide bonds. The van der Waals surface area contributed by atoms with Gasteiger partial charge in [0.25, 0.3) is 0 Å². The van der Waals surface area contributed by atoms with Crippen LogP contribution >= 0.6 is 0 Å². The van der Waals surface area contributed by atoms with Crippen molar-refractivity contribution < 1.29 is 14.3 Å². The summed E-state index contributed by atoms with van der Waals surface area (Å²) in [4.78, 5) is 22.4. The number of hydrogen-bond donors (Lipinski definition) is 1. The van der Waals surface area contributed by atoms with E-state index in [9.17, 15) is 10.1 Å². The minimum atomic E-state index is -0.538. The number of pyridine rings is 1. The molecule has 3 fully saturated rings. The number of piperazine rings is 2. The number of hydrogen-bond acceptors (Lipinski definition) is 9. The number of alkyl carbamates (subject to hydrolysis) is 1. The lowest BCUT2D eigenvalue weighted by Crippen LogP contribution is -2.65. The minimum Gasteiger partial charge on any atom is -0.444 e. The first kappa shape index (κ1) is 31.1. The van der Waals surface area contributed by atoms with Gasteiger partial charge in [-0.1, -0.05) is 12.1 Å². The standard InChI is InChI=1S/C34H46N8O3/c1-24-19-40(30-11-10-27(18-35)42-31(30)12-14-36-42)21-28-20-38(16-17-41(24)28)15-13-25-6-8-26(9-7-25)39-22-29(32(23-39)44-5)37-33(43)45-34(2,3)4/h6-12,14,24,28-29,32H,13,15-17,19-23H2,1-5H3,(H,37,43)/t24-,28+,29-,32-/m1/s1. The highest BCUT2D eigenvalue weighted by atomic mass is 16.6. The Morgan fingerprint density at radius 3 is 2.56 bits per heavy atom. The third-order valence-corrected chi connectivity index (χ3v) is 9.37. The molecule has 0 saturated carbocycles. The second-order valence-electron chi connectivity index (χ2n) is 13.6. The Bertz CT molecular complexity index is 1530. The van der Waals surface area contributed by atoms with Crippen molar-refractivity contribution in [3.63, 3.8) is 0 Å². The Labute approximate surface area is 266 Å². The molecule has 3 aliphatic heterocycles. The summed E-state index contributed by atoms with van der Waals surface area (Å²) in [5.74, 6) is 0. The van der Waals surface area contributed by atoms with Crippen molar-refractivity contribution in [2.45, 2.75) is 63.9 Å². The Balaban J connectivity index is 1.03. The Kier molecular flexibility index (Phi) is 8.91. The number of nitriles is 1. The van der Waals surface area contributed by atoms with Crippen LogP contribution in [0.3, 0.4) is 0 Å². The molecule has 0 radical (unpaired) electrons. The lowest BCUT2D eigenvalue weighted by molar-refractivity contribution is 0.0356. The van der Waals surface area contributed by atoms with Crippen molar-refractivity contribution in [3.8, 4) is 6.07 Å². The highest BCUT2D eigenvalue weighted by Crippen LogP contribution is 2.29. The number of rotatable bonds is 7. The molecule has 5 heterocycles. The first-order chi connectivity index (χ1) is 21.6. The van der Waals surface area contributed by atoms with Gasteiger partial charge < -0.3 is 29.5 Å². The summed E-state index contributed by atoms with van der Waals surface area (Å²) in [7, 11) is 1.69. The summed E-state index contributed by atoms with van der Waals surface area (Å²) in [6.07, 6.45) is 2.27. The maximum atomic E-state index is 12.4. The van der Waals surface area contributed by atoms with E-state index in [2.05, 4.69) is 73.3 Å². The number of amides is 1. The van der Waals surface area contributed by atoms with Crippen molar-refractivity contribution >= 4 is 23.0 Å². The van der Waals surface area contributed by atoms with Gasteiger partial charge in [0.2, 0.25) is 0 Å². The van der Waals surface area contributed by atoms with E-state index >= 15 is 0 Å².